The van der Waals surface area contributed by atoms with Gasteiger partial charge in [-0.05, 0) is 24.1 Å². The van der Waals surface area contributed by atoms with Gasteiger partial charge in [-0.25, -0.2) is 9.07 Å². The third-order valence-electron chi connectivity index (χ3n) is 3.84. The highest BCUT2D eigenvalue weighted by atomic mass is 19.1. The summed E-state index contributed by atoms with van der Waals surface area (Å²) in [5, 5.41) is 7.87. The van der Waals surface area contributed by atoms with Crippen LogP contribution in [0.1, 0.15) is 25.5 Å². The molecule has 2 aromatic rings. The molecular formula is C16H21FN4. The highest BCUT2D eigenvalue weighted by Gasteiger charge is 2.21. The predicted molar refractivity (Wildman–Crippen MR) is 82.7 cm³/mol. The number of hydrogen-bond donors (Lipinski definition) is 1. The summed E-state index contributed by atoms with van der Waals surface area (Å²) in [6.07, 6.45) is 1.91. The topological polar surface area (TPSA) is 33.1 Å². The van der Waals surface area contributed by atoms with E-state index in [0.717, 1.165) is 43.2 Å². The van der Waals surface area contributed by atoms with Gasteiger partial charge in [0.25, 0.3) is 0 Å². The molecule has 0 amide bonds. The van der Waals surface area contributed by atoms with Gasteiger partial charge in [0, 0.05) is 26.2 Å². The van der Waals surface area contributed by atoms with Crippen molar-refractivity contribution in [3.63, 3.8) is 0 Å². The number of hydrogen-bond acceptors (Lipinski definition) is 3. The quantitative estimate of drug-likeness (QED) is 0.942. The molecule has 3 rings (SSSR count). The third-order valence-corrected chi connectivity index (χ3v) is 3.84. The first-order valence-corrected chi connectivity index (χ1v) is 7.46. The monoisotopic (exact) mass is 288 g/mol. The molecule has 1 aliphatic rings. The van der Waals surface area contributed by atoms with Crippen molar-refractivity contribution in [3.05, 3.63) is 42.0 Å². The van der Waals surface area contributed by atoms with Crippen molar-refractivity contribution in [2.75, 3.05) is 31.1 Å². The number of piperazine rings is 1. The van der Waals surface area contributed by atoms with Gasteiger partial charge < -0.3 is 10.2 Å². The van der Waals surface area contributed by atoms with Crippen LogP contribution < -0.4 is 10.2 Å². The molecule has 1 saturated heterocycles. The second-order valence-corrected chi connectivity index (χ2v) is 5.70. The lowest BCUT2D eigenvalue weighted by Gasteiger charge is -2.30. The van der Waals surface area contributed by atoms with Crippen LogP contribution in [0.25, 0.3) is 5.69 Å². The van der Waals surface area contributed by atoms with Crippen molar-refractivity contribution in [1.82, 2.24) is 15.1 Å². The summed E-state index contributed by atoms with van der Waals surface area (Å²) in [5.74, 6) is 0.0853. The summed E-state index contributed by atoms with van der Waals surface area (Å²) >= 11 is 0. The van der Waals surface area contributed by atoms with Gasteiger partial charge in [-0.3, -0.25) is 0 Å². The number of nitrogens with one attached hydrogen (secondary N) is 1. The largest absolute Gasteiger partial charge is 0.366 e. The van der Waals surface area contributed by atoms with Crippen LogP contribution in [0.5, 0.6) is 0 Å². The molecule has 0 spiro atoms. The summed E-state index contributed by atoms with van der Waals surface area (Å²) in [6, 6.07) is 6.60. The molecule has 1 aromatic carbocycles. The van der Waals surface area contributed by atoms with Crippen LogP contribution in [0, 0.1) is 5.82 Å². The van der Waals surface area contributed by atoms with E-state index in [2.05, 4.69) is 29.2 Å². The second kappa shape index (κ2) is 5.85. The van der Waals surface area contributed by atoms with Gasteiger partial charge in [0.15, 0.2) is 0 Å². The second-order valence-electron chi connectivity index (χ2n) is 5.70. The molecule has 112 valence electrons. The van der Waals surface area contributed by atoms with Gasteiger partial charge in [0.2, 0.25) is 0 Å². The van der Waals surface area contributed by atoms with Gasteiger partial charge >= 0.3 is 0 Å². The Labute approximate surface area is 124 Å². The molecule has 2 heterocycles. The molecule has 21 heavy (non-hydrogen) atoms. The molecule has 1 aliphatic heterocycles. The molecule has 0 unspecified atom stereocenters. The number of aromatic nitrogens is 2. The summed E-state index contributed by atoms with van der Waals surface area (Å²) < 4.78 is 15.4. The van der Waals surface area contributed by atoms with Gasteiger partial charge in [-0.15, -0.1) is 0 Å². The van der Waals surface area contributed by atoms with Crippen molar-refractivity contribution in [3.8, 4) is 5.69 Å². The summed E-state index contributed by atoms with van der Waals surface area (Å²) in [5.41, 5.74) is 3.08. The molecule has 0 bridgehead atoms. The Morgan fingerprint density at radius 1 is 1.24 bits per heavy atom. The molecule has 4 nitrogen and oxygen atoms in total. The number of halogens is 1. The van der Waals surface area contributed by atoms with Crippen LogP contribution >= 0.6 is 0 Å². The van der Waals surface area contributed by atoms with Crippen LogP contribution in [0.15, 0.2) is 30.5 Å². The van der Waals surface area contributed by atoms with E-state index >= 15 is 0 Å². The summed E-state index contributed by atoms with van der Waals surface area (Å²) in [6.45, 7) is 8.24. The van der Waals surface area contributed by atoms with E-state index in [1.165, 1.54) is 12.1 Å². The zero-order valence-electron chi connectivity index (χ0n) is 12.5. The van der Waals surface area contributed by atoms with Gasteiger partial charge in [0.05, 0.1) is 23.3 Å². The first-order chi connectivity index (χ1) is 10.2. The Kier molecular flexibility index (Phi) is 3.92. The minimum Gasteiger partial charge on any atom is -0.366 e. The van der Waals surface area contributed by atoms with Crippen LogP contribution in [0.2, 0.25) is 0 Å². The fourth-order valence-corrected chi connectivity index (χ4v) is 2.85. The highest BCUT2D eigenvalue weighted by molar-refractivity contribution is 5.54. The number of benzene rings is 1. The zero-order chi connectivity index (χ0) is 14.8. The molecule has 5 heteroatoms. The molecule has 0 atom stereocenters. The number of nitrogens with zero attached hydrogens (tertiary/aromatic N) is 3. The van der Waals surface area contributed by atoms with Gasteiger partial charge in [0.1, 0.15) is 5.82 Å². The molecule has 1 fully saturated rings. The van der Waals surface area contributed by atoms with E-state index in [0.29, 0.717) is 5.92 Å². The fourth-order valence-electron chi connectivity index (χ4n) is 2.85. The average Bonchev–Trinajstić information content (AvgIpc) is 2.93. The molecule has 1 N–H and O–H groups in total. The number of rotatable bonds is 3. The van der Waals surface area contributed by atoms with Gasteiger partial charge in [-0.1, -0.05) is 19.9 Å². The fraction of sp³-hybridized carbons (Fsp3) is 0.438. The van der Waals surface area contributed by atoms with Crippen molar-refractivity contribution < 1.29 is 4.39 Å². The maximum atomic E-state index is 13.5. The van der Waals surface area contributed by atoms with Crippen LogP contribution in [-0.2, 0) is 0 Å². The number of anilines is 1. The maximum absolute atomic E-state index is 13.5. The first-order valence-electron chi connectivity index (χ1n) is 7.46. The lowest BCUT2D eigenvalue weighted by molar-refractivity contribution is 0.585. The van der Waals surface area contributed by atoms with Crippen LogP contribution in [-0.4, -0.2) is 36.0 Å². The summed E-state index contributed by atoms with van der Waals surface area (Å²) in [4.78, 5) is 2.36. The van der Waals surface area contributed by atoms with Crippen molar-refractivity contribution in [2.24, 2.45) is 0 Å². The van der Waals surface area contributed by atoms with Crippen molar-refractivity contribution >= 4 is 5.69 Å². The predicted octanol–water partition coefficient (Wildman–Crippen LogP) is 2.54. The Morgan fingerprint density at radius 3 is 2.67 bits per heavy atom. The molecule has 0 saturated carbocycles. The lowest BCUT2D eigenvalue weighted by Crippen LogP contribution is -2.43. The molecular weight excluding hydrogens is 267 g/mol. The van der Waals surface area contributed by atoms with E-state index in [9.17, 15) is 4.39 Å². The van der Waals surface area contributed by atoms with Crippen LogP contribution in [0.3, 0.4) is 0 Å². The van der Waals surface area contributed by atoms with Crippen molar-refractivity contribution in [2.45, 2.75) is 19.8 Å². The van der Waals surface area contributed by atoms with Crippen molar-refractivity contribution in [1.29, 1.82) is 0 Å². The Balaban J connectivity index is 2.03. The van der Waals surface area contributed by atoms with E-state index in [-0.39, 0.29) is 5.82 Å². The Morgan fingerprint density at radius 2 is 2.00 bits per heavy atom. The van der Waals surface area contributed by atoms with E-state index < -0.39 is 0 Å². The third kappa shape index (κ3) is 2.78. The van der Waals surface area contributed by atoms with E-state index in [1.54, 1.807) is 6.07 Å². The Hall–Kier alpha value is -1.88. The minimum absolute atomic E-state index is 0.235. The first kappa shape index (κ1) is 14.1. The molecule has 1 aromatic heterocycles. The zero-order valence-corrected chi connectivity index (χ0v) is 12.5. The molecule has 0 radical (unpaired) electrons. The standard InChI is InChI=1S/C16H21FN4/c1-12(2)16-15(20-8-6-18-7-9-20)11-19-21(16)14-5-3-4-13(17)10-14/h3-5,10-12,18H,6-9H2,1-2H3. The molecule has 0 aliphatic carbocycles. The maximum Gasteiger partial charge on any atom is 0.125 e. The highest BCUT2D eigenvalue weighted by Crippen LogP contribution is 2.30. The lowest BCUT2D eigenvalue weighted by atomic mass is 10.1. The smallest absolute Gasteiger partial charge is 0.125 e. The Bertz CT molecular complexity index is 614. The average molecular weight is 288 g/mol. The normalized spacial score (nSPS) is 15.7. The SMILES string of the molecule is CC(C)c1c(N2CCNCC2)cnn1-c1cccc(F)c1. The van der Waals surface area contributed by atoms with E-state index in [1.807, 2.05) is 16.9 Å². The van der Waals surface area contributed by atoms with E-state index in [4.69, 9.17) is 0 Å². The van der Waals surface area contributed by atoms with Gasteiger partial charge in [-0.2, -0.15) is 5.10 Å². The summed E-state index contributed by atoms with van der Waals surface area (Å²) in [7, 11) is 0. The van der Waals surface area contributed by atoms with Crippen LogP contribution in [0.4, 0.5) is 10.1 Å². The minimum atomic E-state index is -0.235.